The fraction of sp³-hybridized carbons (Fsp3) is 0.150. The molecule has 1 atom stereocenters. The van der Waals surface area contributed by atoms with E-state index in [-0.39, 0.29) is 22.0 Å². The Kier molecular flexibility index (Phi) is 6.02. The van der Waals surface area contributed by atoms with Crippen LogP contribution in [0.3, 0.4) is 0 Å². The van der Waals surface area contributed by atoms with Gasteiger partial charge >= 0.3 is 5.97 Å². The van der Waals surface area contributed by atoms with Crippen LogP contribution in [0.1, 0.15) is 15.9 Å². The van der Waals surface area contributed by atoms with E-state index in [4.69, 9.17) is 27.9 Å². The third-order valence-corrected chi connectivity index (χ3v) is 4.80. The molecule has 0 spiro atoms. The van der Waals surface area contributed by atoms with Gasteiger partial charge in [-0.3, -0.25) is 4.79 Å². The van der Waals surface area contributed by atoms with Gasteiger partial charge in [0.15, 0.2) is 0 Å². The molecule has 3 aromatic rings. The van der Waals surface area contributed by atoms with Crippen LogP contribution in [0, 0.1) is 0 Å². The normalized spacial score (nSPS) is 11.8. The summed E-state index contributed by atoms with van der Waals surface area (Å²) in [6.45, 7) is 0. The predicted molar refractivity (Wildman–Crippen MR) is 107 cm³/mol. The SMILES string of the molecule is COc1ccc2cc(CC(NC(=O)c3c(Cl)cccc3Cl)C(=O)O)ccc2n1. The Bertz CT molecular complexity index is 1040. The van der Waals surface area contributed by atoms with Gasteiger partial charge in [0.25, 0.3) is 5.91 Å². The zero-order chi connectivity index (χ0) is 20.3. The first-order valence-corrected chi connectivity index (χ1v) is 9.06. The number of aliphatic carboxylic acids is 1. The highest BCUT2D eigenvalue weighted by Gasteiger charge is 2.24. The number of rotatable bonds is 6. The summed E-state index contributed by atoms with van der Waals surface area (Å²) in [5, 5.41) is 13.2. The number of halogens is 2. The van der Waals surface area contributed by atoms with E-state index in [2.05, 4.69) is 10.3 Å². The molecule has 1 amide bonds. The third-order valence-electron chi connectivity index (χ3n) is 4.17. The minimum absolute atomic E-state index is 0.0480. The van der Waals surface area contributed by atoms with E-state index in [1.54, 1.807) is 24.3 Å². The number of hydrogen-bond acceptors (Lipinski definition) is 4. The zero-order valence-electron chi connectivity index (χ0n) is 14.8. The van der Waals surface area contributed by atoms with Gasteiger partial charge in [-0.2, -0.15) is 0 Å². The molecule has 0 radical (unpaired) electrons. The molecule has 2 N–H and O–H groups in total. The molecule has 0 saturated carbocycles. The summed E-state index contributed by atoms with van der Waals surface area (Å²) in [6, 6.07) is 12.4. The van der Waals surface area contributed by atoms with E-state index in [0.29, 0.717) is 5.88 Å². The molecule has 1 heterocycles. The van der Waals surface area contributed by atoms with E-state index in [0.717, 1.165) is 16.5 Å². The molecular formula is C20H16Cl2N2O4. The second-order valence-electron chi connectivity index (χ2n) is 6.05. The van der Waals surface area contributed by atoms with Crippen LogP contribution >= 0.6 is 23.2 Å². The second kappa shape index (κ2) is 8.46. The number of nitrogens with zero attached hydrogens (tertiary/aromatic N) is 1. The molecule has 1 unspecified atom stereocenters. The van der Waals surface area contributed by atoms with Gasteiger partial charge in [0.2, 0.25) is 5.88 Å². The van der Waals surface area contributed by atoms with Crippen molar-refractivity contribution < 1.29 is 19.4 Å². The van der Waals surface area contributed by atoms with Crippen molar-refractivity contribution in [3.63, 3.8) is 0 Å². The predicted octanol–water partition coefficient (Wildman–Crippen LogP) is 3.98. The quantitative estimate of drug-likeness (QED) is 0.631. The summed E-state index contributed by atoms with van der Waals surface area (Å²) in [7, 11) is 1.54. The molecule has 0 aliphatic heterocycles. The smallest absolute Gasteiger partial charge is 0.326 e. The molecule has 0 fully saturated rings. The number of fused-ring (bicyclic) bond motifs is 1. The lowest BCUT2D eigenvalue weighted by Crippen LogP contribution is -2.42. The maximum absolute atomic E-state index is 12.5. The number of pyridine rings is 1. The maximum atomic E-state index is 12.5. The minimum Gasteiger partial charge on any atom is -0.481 e. The molecule has 8 heteroatoms. The van der Waals surface area contributed by atoms with Gasteiger partial charge < -0.3 is 15.2 Å². The number of carbonyl (C=O) groups excluding carboxylic acids is 1. The Labute approximate surface area is 171 Å². The monoisotopic (exact) mass is 418 g/mol. The van der Waals surface area contributed by atoms with Crippen LogP contribution in [0.15, 0.2) is 48.5 Å². The van der Waals surface area contributed by atoms with Crippen LogP contribution in [0.5, 0.6) is 5.88 Å². The van der Waals surface area contributed by atoms with Crippen LogP contribution in [-0.4, -0.2) is 35.1 Å². The largest absolute Gasteiger partial charge is 0.481 e. The van der Waals surface area contributed by atoms with Crippen LogP contribution in [0.25, 0.3) is 10.9 Å². The van der Waals surface area contributed by atoms with Crippen molar-refractivity contribution in [1.82, 2.24) is 10.3 Å². The van der Waals surface area contributed by atoms with Crippen molar-refractivity contribution >= 4 is 46.0 Å². The Morgan fingerprint density at radius 1 is 1.14 bits per heavy atom. The van der Waals surface area contributed by atoms with Crippen LogP contribution in [-0.2, 0) is 11.2 Å². The summed E-state index contributed by atoms with van der Waals surface area (Å²) in [5.41, 5.74) is 1.51. The number of aromatic nitrogens is 1. The van der Waals surface area contributed by atoms with Gasteiger partial charge in [-0.1, -0.05) is 35.3 Å². The third kappa shape index (κ3) is 4.35. The average Bonchev–Trinajstić information content (AvgIpc) is 2.66. The van der Waals surface area contributed by atoms with Crippen molar-refractivity contribution in [2.24, 2.45) is 0 Å². The lowest BCUT2D eigenvalue weighted by atomic mass is 10.0. The summed E-state index contributed by atoms with van der Waals surface area (Å²) < 4.78 is 5.10. The number of hydrogen-bond donors (Lipinski definition) is 2. The molecule has 28 heavy (non-hydrogen) atoms. The van der Waals surface area contributed by atoms with Crippen LogP contribution in [0.2, 0.25) is 10.0 Å². The molecular weight excluding hydrogens is 403 g/mol. The van der Waals surface area contributed by atoms with Gasteiger partial charge in [0.05, 0.1) is 28.2 Å². The summed E-state index contributed by atoms with van der Waals surface area (Å²) >= 11 is 12.1. The standard InChI is InChI=1S/C20H16Cl2N2O4/c1-28-17-8-6-12-9-11(5-7-15(12)23-17)10-16(20(26)27)24-19(25)18-13(21)3-2-4-14(18)22/h2-9,16H,10H2,1H3,(H,24,25)(H,26,27). The van der Waals surface area contributed by atoms with Crippen molar-refractivity contribution in [3.8, 4) is 5.88 Å². The highest BCUT2D eigenvalue weighted by molar-refractivity contribution is 6.39. The minimum atomic E-state index is -1.16. The van der Waals surface area contributed by atoms with Crippen molar-refractivity contribution in [1.29, 1.82) is 0 Å². The number of carboxylic acid groups (broad SMARTS) is 1. The fourth-order valence-electron chi connectivity index (χ4n) is 2.78. The summed E-state index contributed by atoms with van der Waals surface area (Å²) in [5.74, 6) is -1.31. The first-order valence-electron chi connectivity index (χ1n) is 8.30. The van der Waals surface area contributed by atoms with E-state index in [1.807, 2.05) is 12.1 Å². The summed E-state index contributed by atoms with van der Waals surface area (Å²) in [4.78, 5) is 28.5. The molecule has 2 aromatic carbocycles. The number of ether oxygens (including phenoxy) is 1. The van der Waals surface area contributed by atoms with Gasteiger partial charge in [0, 0.05) is 17.9 Å². The lowest BCUT2D eigenvalue weighted by Gasteiger charge is -2.16. The zero-order valence-corrected chi connectivity index (χ0v) is 16.3. The molecule has 144 valence electrons. The Morgan fingerprint density at radius 3 is 2.50 bits per heavy atom. The molecule has 0 aliphatic rings. The van der Waals surface area contributed by atoms with Gasteiger partial charge in [-0.25, -0.2) is 9.78 Å². The lowest BCUT2D eigenvalue weighted by molar-refractivity contribution is -0.139. The molecule has 1 aromatic heterocycles. The fourth-order valence-corrected chi connectivity index (χ4v) is 3.35. The molecule has 0 aliphatic carbocycles. The van der Waals surface area contributed by atoms with Crippen LogP contribution in [0.4, 0.5) is 0 Å². The van der Waals surface area contributed by atoms with Crippen molar-refractivity contribution in [2.75, 3.05) is 7.11 Å². The molecule has 0 saturated heterocycles. The second-order valence-corrected chi connectivity index (χ2v) is 6.86. The molecule has 3 rings (SSSR count). The number of carbonyl (C=O) groups is 2. The number of amides is 1. The molecule has 6 nitrogen and oxygen atoms in total. The van der Waals surface area contributed by atoms with E-state index in [1.165, 1.54) is 19.2 Å². The number of methoxy groups -OCH3 is 1. The van der Waals surface area contributed by atoms with Crippen LogP contribution < -0.4 is 10.1 Å². The van der Waals surface area contributed by atoms with Gasteiger partial charge in [-0.15, -0.1) is 0 Å². The van der Waals surface area contributed by atoms with Gasteiger partial charge in [-0.05, 0) is 35.9 Å². The highest BCUT2D eigenvalue weighted by Crippen LogP contribution is 2.24. The number of carboxylic acids is 1. The average molecular weight is 419 g/mol. The number of benzene rings is 2. The van der Waals surface area contributed by atoms with Gasteiger partial charge in [0.1, 0.15) is 6.04 Å². The Hall–Kier alpha value is -2.83. The maximum Gasteiger partial charge on any atom is 0.326 e. The first-order chi connectivity index (χ1) is 13.4. The summed E-state index contributed by atoms with van der Waals surface area (Å²) in [6.07, 6.45) is 0.0884. The first kappa shape index (κ1) is 19.9. The van der Waals surface area contributed by atoms with Crippen molar-refractivity contribution in [3.05, 3.63) is 69.7 Å². The molecule has 0 bridgehead atoms. The topological polar surface area (TPSA) is 88.5 Å². The van der Waals surface area contributed by atoms with E-state index >= 15 is 0 Å². The number of nitrogens with one attached hydrogen (secondary N) is 1. The Balaban J connectivity index is 1.82. The van der Waals surface area contributed by atoms with E-state index < -0.39 is 17.9 Å². The van der Waals surface area contributed by atoms with E-state index in [9.17, 15) is 14.7 Å². The van der Waals surface area contributed by atoms with Crippen molar-refractivity contribution in [2.45, 2.75) is 12.5 Å². The highest BCUT2D eigenvalue weighted by atomic mass is 35.5. The Morgan fingerprint density at radius 2 is 1.86 bits per heavy atom.